The zero-order valence-electron chi connectivity index (χ0n) is 24.5. The van der Waals surface area contributed by atoms with Gasteiger partial charge in [-0.05, 0) is 146 Å². The van der Waals surface area contributed by atoms with Crippen LogP contribution in [-0.2, 0) is 51.4 Å². The van der Waals surface area contributed by atoms with E-state index in [2.05, 4.69) is 72.8 Å². The van der Waals surface area contributed by atoms with Gasteiger partial charge in [0.1, 0.15) is 23.0 Å². The molecule has 4 aromatic rings. The fourth-order valence-corrected chi connectivity index (χ4v) is 6.74. The Morgan fingerprint density at radius 1 is 0.310 bits per heavy atom. The number of aryl methyl sites for hydroxylation is 8. The van der Waals surface area contributed by atoms with Crippen LogP contribution in [-0.4, -0.2) is 13.6 Å². The summed E-state index contributed by atoms with van der Waals surface area (Å²) in [4.78, 5) is 0. The normalized spacial score (nSPS) is 17.0. The Morgan fingerprint density at radius 3 is 0.857 bits per heavy atom. The lowest BCUT2D eigenvalue weighted by molar-refractivity contribution is 0.116. The molecule has 0 saturated heterocycles. The molecule has 0 saturated carbocycles. The first-order valence-electron chi connectivity index (χ1n) is 15.8. The highest BCUT2D eigenvalue weighted by molar-refractivity contribution is 5.42. The van der Waals surface area contributed by atoms with E-state index in [0.29, 0.717) is 0 Å². The lowest BCUT2D eigenvalue weighted by Gasteiger charge is -2.19. The molecule has 2 heterocycles. The summed E-state index contributed by atoms with van der Waals surface area (Å²) in [5.41, 5.74) is 10.7. The van der Waals surface area contributed by atoms with Crippen LogP contribution in [0, 0.1) is 0 Å². The fourth-order valence-electron chi connectivity index (χ4n) is 6.74. The minimum Gasteiger partial charge on any atom is -0.457 e. The van der Waals surface area contributed by atoms with Crippen LogP contribution in [0.2, 0.25) is 0 Å². The third-order valence-corrected chi connectivity index (χ3v) is 9.00. The minimum absolute atomic E-state index is 0.239. The van der Waals surface area contributed by atoms with Gasteiger partial charge in [-0.3, -0.25) is 0 Å². The van der Waals surface area contributed by atoms with Crippen molar-refractivity contribution in [2.75, 3.05) is 13.6 Å². The Hall–Kier alpha value is -3.92. The number of ether oxygens (including phenoxy) is 4. The van der Waals surface area contributed by atoms with Gasteiger partial charge in [-0.25, -0.2) is 0 Å². The molecular formula is C38H40O4. The van der Waals surface area contributed by atoms with Crippen LogP contribution in [0.15, 0.2) is 72.8 Å². The van der Waals surface area contributed by atoms with Crippen molar-refractivity contribution < 1.29 is 18.9 Å². The second-order valence-electron chi connectivity index (χ2n) is 12.0. The van der Waals surface area contributed by atoms with Crippen LogP contribution < -0.4 is 18.9 Å². The molecule has 0 radical (unpaired) electrons. The smallest absolute Gasteiger partial charge is 0.230 e. The molecule has 0 N–H and O–H groups in total. The molecule has 0 atom stereocenters. The number of rotatable bonds is 0. The first kappa shape index (κ1) is 26.9. The maximum atomic E-state index is 6.13. The average Bonchev–Trinajstić information content (AvgIpc) is 3.00. The van der Waals surface area contributed by atoms with Crippen LogP contribution in [0.5, 0.6) is 23.0 Å². The van der Waals surface area contributed by atoms with E-state index >= 15 is 0 Å². The van der Waals surface area contributed by atoms with Crippen LogP contribution in [0.4, 0.5) is 0 Å². The van der Waals surface area contributed by atoms with Crippen molar-refractivity contribution in [3.05, 3.63) is 117 Å². The molecule has 0 unspecified atom stereocenters. The highest BCUT2D eigenvalue weighted by Crippen LogP contribution is 2.31. The Labute approximate surface area is 249 Å². The van der Waals surface area contributed by atoms with E-state index in [-0.39, 0.29) is 13.6 Å². The van der Waals surface area contributed by atoms with E-state index in [4.69, 9.17) is 18.9 Å². The number of hydrogen-bond acceptors (Lipinski definition) is 4. The van der Waals surface area contributed by atoms with Crippen LogP contribution in [0.3, 0.4) is 0 Å². The molecule has 4 aromatic carbocycles. The summed E-state index contributed by atoms with van der Waals surface area (Å²) in [5, 5.41) is 0. The van der Waals surface area contributed by atoms with Crippen molar-refractivity contribution in [2.45, 2.75) is 77.0 Å². The van der Waals surface area contributed by atoms with Gasteiger partial charge in [-0.15, -0.1) is 0 Å². The average molecular weight is 561 g/mol. The first-order chi connectivity index (χ1) is 20.8. The van der Waals surface area contributed by atoms with Crippen molar-refractivity contribution in [2.24, 2.45) is 0 Å². The summed E-state index contributed by atoms with van der Waals surface area (Å²) in [6.07, 6.45) is 12.6. The van der Waals surface area contributed by atoms with Crippen molar-refractivity contribution in [3.63, 3.8) is 0 Å². The Morgan fingerprint density at radius 2 is 0.571 bits per heavy atom. The molecule has 0 spiro atoms. The summed E-state index contributed by atoms with van der Waals surface area (Å²) in [7, 11) is 0. The van der Waals surface area contributed by atoms with E-state index < -0.39 is 0 Å². The lowest BCUT2D eigenvalue weighted by Crippen LogP contribution is -2.11. The SMILES string of the molecule is c1cc2c3cc1CCCc1ccc4c(c1)CCCc1cc(ccc1OCO4)CCCc1ccc(c(c1)CCC3)OCO2. The molecule has 2 aliphatic heterocycles. The largest absolute Gasteiger partial charge is 0.457 e. The first-order valence-corrected chi connectivity index (χ1v) is 15.8. The lowest BCUT2D eigenvalue weighted by atomic mass is 9.95. The van der Waals surface area contributed by atoms with E-state index in [0.717, 1.165) is 100 Å². The van der Waals surface area contributed by atoms with Gasteiger partial charge in [0, 0.05) is 0 Å². The van der Waals surface area contributed by atoms with E-state index in [1.807, 2.05) is 0 Å². The maximum Gasteiger partial charge on any atom is 0.230 e. The number of fused-ring (bicyclic) bond motifs is 8. The minimum atomic E-state index is 0.239. The zero-order valence-corrected chi connectivity index (χ0v) is 24.5. The van der Waals surface area contributed by atoms with E-state index in [9.17, 15) is 0 Å². The molecule has 7 rings (SSSR count). The highest BCUT2D eigenvalue weighted by atomic mass is 16.7. The summed E-state index contributed by atoms with van der Waals surface area (Å²) < 4.78 is 24.5. The molecule has 8 bridgehead atoms. The molecular weight excluding hydrogens is 520 g/mol. The molecule has 0 amide bonds. The number of hydrogen-bond donors (Lipinski definition) is 0. The predicted octanol–water partition coefficient (Wildman–Crippen LogP) is 8.16. The van der Waals surface area contributed by atoms with Gasteiger partial charge in [0.05, 0.1) is 0 Å². The maximum absolute atomic E-state index is 6.13. The van der Waals surface area contributed by atoms with Crippen molar-refractivity contribution in [1.29, 1.82) is 0 Å². The molecule has 1 aliphatic carbocycles. The van der Waals surface area contributed by atoms with Gasteiger partial charge in [0.25, 0.3) is 0 Å². The number of benzene rings is 4. The van der Waals surface area contributed by atoms with Crippen molar-refractivity contribution in [1.82, 2.24) is 0 Å². The third-order valence-electron chi connectivity index (χ3n) is 9.00. The monoisotopic (exact) mass is 560 g/mol. The van der Waals surface area contributed by atoms with Gasteiger partial charge < -0.3 is 18.9 Å². The summed E-state index contributed by atoms with van der Waals surface area (Å²) in [6, 6.07) is 26.9. The second-order valence-corrected chi connectivity index (χ2v) is 12.0. The molecule has 0 aromatic heterocycles. The van der Waals surface area contributed by atoms with Gasteiger partial charge >= 0.3 is 0 Å². The Bertz CT molecular complexity index is 1330. The summed E-state index contributed by atoms with van der Waals surface area (Å²) in [6.45, 7) is 0.478. The van der Waals surface area contributed by atoms with Crippen LogP contribution in [0.1, 0.15) is 70.2 Å². The zero-order chi connectivity index (χ0) is 28.1. The quantitative estimate of drug-likeness (QED) is 0.217. The van der Waals surface area contributed by atoms with E-state index in [1.165, 1.54) is 44.5 Å². The Kier molecular flexibility index (Phi) is 8.04. The molecule has 216 valence electrons. The Balaban J connectivity index is 1.18. The van der Waals surface area contributed by atoms with Crippen LogP contribution in [0.25, 0.3) is 0 Å². The predicted molar refractivity (Wildman–Crippen MR) is 166 cm³/mol. The molecule has 4 nitrogen and oxygen atoms in total. The summed E-state index contributed by atoms with van der Waals surface area (Å²) in [5.74, 6) is 3.81. The molecule has 0 fully saturated rings. The van der Waals surface area contributed by atoms with Crippen molar-refractivity contribution >= 4 is 0 Å². The van der Waals surface area contributed by atoms with Crippen LogP contribution >= 0.6 is 0 Å². The third kappa shape index (κ3) is 6.28. The molecule has 3 aliphatic rings. The standard InChI is InChI=1S/C38H40O4/c1-5-27-13-17-35-31(21-27)9-3-11-33-23-29(15-19-37(33)41-25-39-35)7-2-8-30-16-20-38-34(24-30)12-4-10-32-22-28(6-1)14-18-36(32)40-26-42-38/h13-24H,1-12,25-26H2. The summed E-state index contributed by atoms with van der Waals surface area (Å²) >= 11 is 0. The van der Waals surface area contributed by atoms with Crippen molar-refractivity contribution in [3.8, 4) is 23.0 Å². The van der Waals surface area contributed by atoms with Gasteiger partial charge in [-0.1, -0.05) is 48.5 Å². The van der Waals surface area contributed by atoms with E-state index in [1.54, 1.807) is 0 Å². The van der Waals surface area contributed by atoms with Gasteiger partial charge in [0.2, 0.25) is 13.6 Å². The van der Waals surface area contributed by atoms with Gasteiger partial charge in [-0.2, -0.15) is 0 Å². The topological polar surface area (TPSA) is 36.9 Å². The highest BCUT2D eigenvalue weighted by Gasteiger charge is 2.15. The molecule has 4 heteroatoms. The fraction of sp³-hybridized carbons (Fsp3) is 0.368. The molecule has 42 heavy (non-hydrogen) atoms. The second kappa shape index (κ2) is 12.5. The van der Waals surface area contributed by atoms with Gasteiger partial charge in [0.15, 0.2) is 0 Å².